The summed E-state index contributed by atoms with van der Waals surface area (Å²) in [6.45, 7) is 5.86. The third-order valence-electron chi connectivity index (χ3n) is 4.94. The maximum Gasteiger partial charge on any atom is 0.264 e. The molecule has 7 nitrogen and oxygen atoms in total. The summed E-state index contributed by atoms with van der Waals surface area (Å²) in [6.07, 6.45) is 0. The molecule has 30 heavy (non-hydrogen) atoms. The zero-order valence-corrected chi connectivity index (χ0v) is 18.0. The lowest BCUT2D eigenvalue weighted by molar-refractivity contribution is -0.118. The second-order valence-corrected chi connectivity index (χ2v) is 7.81. The summed E-state index contributed by atoms with van der Waals surface area (Å²) in [4.78, 5) is 17.5. The lowest BCUT2D eigenvalue weighted by atomic mass is 10.1. The Hall–Kier alpha value is -3.39. The highest BCUT2D eigenvalue weighted by molar-refractivity contribution is 7.15. The Morgan fingerprint density at radius 1 is 1.10 bits per heavy atom. The fraction of sp³-hybridized carbons (Fsp3) is 0.227. The number of carbonyl (C=O) groups excluding carboxylic acids is 1. The number of fused-ring (bicyclic) bond motifs is 1. The number of nitrogens with one attached hydrogen (secondary N) is 1. The number of benzene rings is 2. The van der Waals surface area contributed by atoms with Gasteiger partial charge >= 0.3 is 0 Å². The first kappa shape index (κ1) is 19.9. The van der Waals surface area contributed by atoms with Crippen LogP contribution in [0.25, 0.3) is 16.2 Å². The van der Waals surface area contributed by atoms with Gasteiger partial charge in [-0.05, 0) is 61.7 Å². The molecule has 0 fully saturated rings. The normalized spacial score (nSPS) is 10.9. The van der Waals surface area contributed by atoms with Crippen molar-refractivity contribution in [1.82, 2.24) is 14.6 Å². The summed E-state index contributed by atoms with van der Waals surface area (Å²) in [5.74, 6) is 1.48. The first-order chi connectivity index (χ1) is 14.5. The number of ether oxygens (including phenoxy) is 2. The fourth-order valence-electron chi connectivity index (χ4n) is 3.14. The van der Waals surface area contributed by atoms with E-state index in [0.29, 0.717) is 4.96 Å². The van der Waals surface area contributed by atoms with E-state index in [9.17, 15) is 4.79 Å². The molecule has 0 saturated carbocycles. The number of aromatic nitrogens is 3. The van der Waals surface area contributed by atoms with E-state index in [2.05, 4.69) is 15.4 Å². The standard InChI is InChI=1S/C22H22N4O3S/c1-13-5-6-14(2)20(15(13)3)29-11-19(27)23-21-24-22-26(25-21)18(12-30-22)16-7-9-17(28-4)10-8-16/h5-10,12H,11H2,1-4H3,(H,23,25,27). The lowest BCUT2D eigenvalue weighted by Crippen LogP contribution is -2.21. The Balaban J connectivity index is 1.47. The molecule has 1 amide bonds. The predicted molar refractivity (Wildman–Crippen MR) is 118 cm³/mol. The van der Waals surface area contributed by atoms with Crippen LogP contribution in [0, 0.1) is 20.8 Å². The van der Waals surface area contributed by atoms with E-state index in [-0.39, 0.29) is 18.5 Å². The van der Waals surface area contributed by atoms with Crippen molar-refractivity contribution in [3.63, 3.8) is 0 Å². The van der Waals surface area contributed by atoms with Crippen molar-refractivity contribution in [3.8, 4) is 22.8 Å². The van der Waals surface area contributed by atoms with Crippen molar-refractivity contribution in [1.29, 1.82) is 0 Å². The Morgan fingerprint density at radius 2 is 1.83 bits per heavy atom. The van der Waals surface area contributed by atoms with Crippen molar-refractivity contribution in [3.05, 3.63) is 58.5 Å². The summed E-state index contributed by atoms with van der Waals surface area (Å²) in [5.41, 5.74) is 5.03. The summed E-state index contributed by atoms with van der Waals surface area (Å²) >= 11 is 1.46. The number of anilines is 1. The molecule has 0 unspecified atom stereocenters. The van der Waals surface area contributed by atoms with Gasteiger partial charge in [-0.3, -0.25) is 10.1 Å². The van der Waals surface area contributed by atoms with E-state index in [1.165, 1.54) is 11.3 Å². The van der Waals surface area contributed by atoms with Gasteiger partial charge in [0, 0.05) is 10.9 Å². The fourth-order valence-corrected chi connectivity index (χ4v) is 3.97. The molecule has 4 rings (SSSR count). The number of carbonyl (C=O) groups is 1. The Bertz CT molecular complexity index is 1210. The molecule has 0 spiro atoms. The molecular weight excluding hydrogens is 400 g/mol. The van der Waals surface area contributed by atoms with Gasteiger partial charge in [0.1, 0.15) is 11.5 Å². The molecule has 2 aromatic heterocycles. The third kappa shape index (κ3) is 3.86. The van der Waals surface area contributed by atoms with Crippen molar-refractivity contribution in [2.24, 2.45) is 0 Å². The molecule has 0 aliphatic carbocycles. The van der Waals surface area contributed by atoms with Gasteiger partial charge in [-0.15, -0.1) is 16.4 Å². The number of hydrogen-bond acceptors (Lipinski definition) is 6. The molecular formula is C22H22N4O3S. The Kier molecular flexibility index (Phi) is 5.41. The highest BCUT2D eigenvalue weighted by Gasteiger charge is 2.15. The van der Waals surface area contributed by atoms with E-state index in [4.69, 9.17) is 9.47 Å². The third-order valence-corrected chi connectivity index (χ3v) is 5.76. The van der Waals surface area contributed by atoms with Gasteiger partial charge < -0.3 is 9.47 Å². The van der Waals surface area contributed by atoms with Crippen molar-refractivity contribution in [2.75, 3.05) is 19.0 Å². The number of amides is 1. The largest absolute Gasteiger partial charge is 0.497 e. The van der Waals surface area contributed by atoms with Crippen LogP contribution in [-0.2, 0) is 4.79 Å². The summed E-state index contributed by atoms with van der Waals surface area (Å²) in [6, 6.07) is 11.7. The van der Waals surface area contributed by atoms with Crippen LogP contribution in [0.15, 0.2) is 41.8 Å². The van der Waals surface area contributed by atoms with Crippen LogP contribution in [0.2, 0.25) is 0 Å². The molecule has 1 N–H and O–H groups in total. The summed E-state index contributed by atoms with van der Waals surface area (Å²) in [7, 11) is 1.63. The Labute approximate surface area is 178 Å². The molecule has 2 heterocycles. The molecule has 0 saturated heterocycles. The molecule has 0 aliphatic heterocycles. The topological polar surface area (TPSA) is 77.8 Å². The van der Waals surface area contributed by atoms with Gasteiger partial charge in [-0.25, -0.2) is 4.52 Å². The average molecular weight is 423 g/mol. The van der Waals surface area contributed by atoms with Gasteiger partial charge in [0.25, 0.3) is 11.9 Å². The number of methoxy groups -OCH3 is 1. The van der Waals surface area contributed by atoms with Crippen molar-refractivity contribution >= 4 is 28.2 Å². The quantitative estimate of drug-likeness (QED) is 0.498. The SMILES string of the molecule is COc1ccc(-c2csc3nc(NC(=O)COc4c(C)ccc(C)c4C)nn23)cc1. The molecule has 0 aliphatic rings. The molecule has 8 heteroatoms. The molecule has 2 aromatic carbocycles. The van der Waals surface area contributed by atoms with E-state index in [0.717, 1.165) is 39.4 Å². The molecule has 0 atom stereocenters. The minimum Gasteiger partial charge on any atom is -0.497 e. The van der Waals surface area contributed by atoms with E-state index < -0.39 is 0 Å². The van der Waals surface area contributed by atoms with Crippen LogP contribution in [-0.4, -0.2) is 34.2 Å². The number of rotatable bonds is 6. The maximum absolute atomic E-state index is 12.4. The number of thiazole rings is 1. The minimum absolute atomic E-state index is 0.108. The first-order valence-electron chi connectivity index (χ1n) is 9.44. The predicted octanol–water partition coefficient (Wildman–Crippen LogP) is 4.41. The number of nitrogens with zero attached hydrogens (tertiary/aromatic N) is 3. The van der Waals surface area contributed by atoms with Crippen LogP contribution in [0.5, 0.6) is 11.5 Å². The van der Waals surface area contributed by atoms with Gasteiger partial charge in [0.15, 0.2) is 6.61 Å². The highest BCUT2D eigenvalue weighted by atomic mass is 32.1. The Morgan fingerprint density at radius 3 is 2.57 bits per heavy atom. The smallest absolute Gasteiger partial charge is 0.264 e. The minimum atomic E-state index is -0.306. The van der Waals surface area contributed by atoms with Gasteiger partial charge in [-0.2, -0.15) is 4.98 Å². The van der Waals surface area contributed by atoms with E-state index in [1.807, 2.05) is 62.5 Å². The van der Waals surface area contributed by atoms with Crippen LogP contribution in [0.3, 0.4) is 0 Å². The van der Waals surface area contributed by atoms with Crippen molar-refractivity contribution in [2.45, 2.75) is 20.8 Å². The zero-order chi connectivity index (χ0) is 21.3. The maximum atomic E-state index is 12.4. The highest BCUT2D eigenvalue weighted by Crippen LogP contribution is 2.28. The first-order valence-corrected chi connectivity index (χ1v) is 10.3. The van der Waals surface area contributed by atoms with Crippen LogP contribution < -0.4 is 14.8 Å². The molecule has 4 aromatic rings. The van der Waals surface area contributed by atoms with E-state index >= 15 is 0 Å². The second-order valence-electron chi connectivity index (χ2n) is 6.97. The van der Waals surface area contributed by atoms with Gasteiger partial charge in [0.05, 0.1) is 12.8 Å². The number of aryl methyl sites for hydroxylation is 2. The van der Waals surface area contributed by atoms with Crippen LogP contribution >= 0.6 is 11.3 Å². The summed E-state index contributed by atoms with van der Waals surface area (Å²) in [5, 5.41) is 9.13. The second kappa shape index (κ2) is 8.16. The van der Waals surface area contributed by atoms with Crippen LogP contribution in [0.4, 0.5) is 5.95 Å². The number of hydrogen-bond donors (Lipinski definition) is 1. The molecule has 0 radical (unpaired) electrons. The monoisotopic (exact) mass is 422 g/mol. The van der Waals surface area contributed by atoms with Gasteiger partial charge in [-0.1, -0.05) is 12.1 Å². The zero-order valence-electron chi connectivity index (χ0n) is 17.2. The van der Waals surface area contributed by atoms with E-state index in [1.54, 1.807) is 11.6 Å². The average Bonchev–Trinajstić information content (AvgIpc) is 3.31. The molecule has 0 bridgehead atoms. The summed E-state index contributed by atoms with van der Waals surface area (Å²) < 4.78 is 12.7. The van der Waals surface area contributed by atoms with Crippen LogP contribution in [0.1, 0.15) is 16.7 Å². The van der Waals surface area contributed by atoms with Crippen molar-refractivity contribution < 1.29 is 14.3 Å². The van der Waals surface area contributed by atoms with Gasteiger partial charge in [0.2, 0.25) is 4.96 Å². The molecule has 154 valence electrons. The lowest BCUT2D eigenvalue weighted by Gasteiger charge is -2.13.